The van der Waals surface area contributed by atoms with Crippen molar-refractivity contribution in [2.24, 2.45) is 0 Å². The van der Waals surface area contributed by atoms with Gasteiger partial charge in [0.2, 0.25) is 0 Å². The summed E-state index contributed by atoms with van der Waals surface area (Å²) in [6.07, 6.45) is 0. The van der Waals surface area contributed by atoms with E-state index in [0.29, 0.717) is 15.7 Å². The minimum atomic E-state index is -3.35. The van der Waals surface area contributed by atoms with Crippen LogP contribution < -0.4 is 5.73 Å². The molecule has 4 nitrogen and oxygen atoms in total. The number of aromatic nitrogens is 1. The number of nitrogen functional groups attached to an aromatic ring is 1. The average molecular weight is 282 g/mol. The van der Waals surface area contributed by atoms with E-state index in [9.17, 15) is 8.42 Å². The first-order valence-electron chi connectivity index (χ1n) is 5.38. The Morgan fingerprint density at radius 2 is 2.00 bits per heavy atom. The third kappa shape index (κ3) is 2.70. The summed E-state index contributed by atoms with van der Waals surface area (Å²) in [5, 5.41) is 2.06. The Kier molecular flexibility index (Phi) is 3.41. The number of rotatable bonds is 3. The fraction of sp³-hybridized carbons (Fsp3) is 0.250. The molecule has 1 aromatic carbocycles. The Balaban J connectivity index is 2.33. The van der Waals surface area contributed by atoms with E-state index < -0.39 is 9.84 Å². The van der Waals surface area contributed by atoms with Crippen molar-refractivity contribution in [3.8, 4) is 0 Å². The second-order valence-electron chi connectivity index (χ2n) is 4.18. The number of nitrogens with zero attached hydrogens (tertiary/aromatic N) is 1. The van der Waals surface area contributed by atoms with Gasteiger partial charge in [0.05, 0.1) is 16.3 Å². The van der Waals surface area contributed by atoms with Crippen LogP contribution in [0.4, 0.5) is 5.13 Å². The standard InChI is InChI=1S/C12H14N2O2S2/c1-8-3-4-11(5-9(8)2)18(15,16)7-10-6-17-12(13)14-10/h3-6H,7H2,1-2H3,(H2,13,14). The fourth-order valence-electron chi connectivity index (χ4n) is 1.57. The summed E-state index contributed by atoms with van der Waals surface area (Å²) in [6, 6.07) is 5.14. The lowest BCUT2D eigenvalue weighted by molar-refractivity contribution is 0.594. The fourth-order valence-corrected chi connectivity index (χ4v) is 3.58. The zero-order valence-electron chi connectivity index (χ0n) is 10.2. The summed E-state index contributed by atoms with van der Waals surface area (Å²) in [4.78, 5) is 4.31. The molecule has 0 saturated carbocycles. The highest BCUT2D eigenvalue weighted by atomic mass is 32.2. The maximum absolute atomic E-state index is 12.2. The molecule has 1 heterocycles. The number of thiazole rings is 1. The van der Waals surface area contributed by atoms with Crippen molar-refractivity contribution in [3.63, 3.8) is 0 Å². The molecule has 0 atom stereocenters. The smallest absolute Gasteiger partial charge is 0.184 e. The number of anilines is 1. The van der Waals surface area contributed by atoms with Crippen LogP contribution in [0.2, 0.25) is 0 Å². The molecule has 0 saturated heterocycles. The first-order valence-corrected chi connectivity index (χ1v) is 7.91. The van der Waals surface area contributed by atoms with E-state index in [-0.39, 0.29) is 5.75 Å². The van der Waals surface area contributed by atoms with Crippen LogP contribution in [0.3, 0.4) is 0 Å². The number of aryl methyl sites for hydroxylation is 2. The highest BCUT2D eigenvalue weighted by Gasteiger charge is 2.17. The predicted molar refractivity (Wildman–Crippen MR) is 73.3 cm³/mol. The van der Waals surface area contributed by atoms with Gasteiger partial charge < -0.3 is 5.73 Å². The molecule has 6 heteroatoms. The number of benzene rings is 1. The largest absolute Gasteiger partial charge is 0.375 e. The van der Waals surface area contributed by atoms with Gasteiger partial charge in [-0.3, -0.25) is 0 Å². The Bertz CT molecular complexity index is 675. The lowest BCUT2D eigenvalue weighted by Crippen LogP contribution is -2.06. The summed E-state index contributed by atoms with van der Waals surface area (Å²) >= 11 is 1.25. The van der Waals surface area contributed by atoms with Crippen LogP contribution >= 0.6 is 11.3 Å². The third-order valence-electron chi connectivity index (χ3n) is 2.74. The van der Waals surface area contributed by atoms with Crippen molar-refractivity contribution in [1.29, 1.82) is 0 Å². The molecule has 0 amide bonds. The van der Waals surface area contributed by atoms with Crippen molar-refractivity contribution in [2.75, 3.05) is 5.73 Å². The van der Waals surface area contributed by atoms with Gasteiger partial charge >= 0.3 is 0 Å². The molecule has 0 fully saturated rings. The molecule has 0 unspecified atom stereocenters. The van der Waals surface area contributed by atoms with Crippen LogP contribution in [-0.2, 0) is 15.6 Å². The number of hydrogen-bond donors (Lipinski definition) is 1. The van der Waals surface area contributed by atoms with Gasteiger partial charge in [-0.1, -0.05) is 6.07 Å². The van der Waals surface area contributed by atoms with Crippen LogP contribution in [0.1, 0.15) is 16.8 Å². The molecule has 2 rings (SSSR count). The zero-order valence-corrected chi connectivity index (χ0v) is 11.8. The molecule has 2 aromatic rings. The maximum Gasteiger partial charge on any atom is 0.184 e. The van der Waals surface area contributed by atoms with Crippen LogP contribution in [0.5, 0.6) is 0 Å². The summed E-state index contributed by atoms with van der Waals surface area (Å²) in [6.45, 7) is 3.85. The first kappa shape index (κ1) is 13.0. The van der Waals surface area contributed by atoms with E-state index in [1.807, 2.05) is 19.9 Å². The lowest BCUT2D eigenvalue weighted by atomic mass is 10.1. The Morgan fingerprint density at radius 3 is 2.56 bits per heavy atom. The summed E-state index contributed by atoms with van der Waals surface area (Å²) in [5.74, 6) is -0.108. The van der Waals surface area contributed by atoms with Crippen molar-refractivity contribution < 1.29 is 8.42 Å². The molecule has 0 radical (unpaired) electrons. The highest BCUT2D eigenvalue weighted by molar-refractivity contribution is 7.90. The monoisotopic (exact) mass is 282 g/mol. The van der Waals surface area contributed by atoms with Crippen molar-refractivity contribution >= 4 is 26.3 Å². The molecular weight excluding hydrogens is 268 g/mol. The van der Waals surface area contributed by atoms with E-state index in [4.69, 9.17) is 5.73 Å². The Hall–Kier alpha value is -1.40. The average Bonchev–Trinajstić information content (AvgIpc) is 2.67. The third-order valence-corrected chi connectivity index (χ3v) is 5.12. The zero-order chi connectivity index (χ0) is 13.3. The van der Waals surface area contributed by atoms with Gasteiger partial charge in [0.15, 0.2) is 15.0 Å². The molecular formula is C12H14N2O2S2. The minimum absolute atomic E-state index is 0.108. The lowest BCUT2D eigenvalue weighted by Gasteiger charge is -2.05. The van der Waals surface area contributed by atoms with Gasteiger partial charge in [0, 0.05) is 5.38 Å². The minimum Gasteiger partial charge on any atom is -0.375 e. The summed E-state index contributed by atoms with van der Waals surface area (Å²) < 4.78 is 24.4. The van der Waals surface area contributed by atoms with Gasteiger partial charge in [-0.15, -0.1) is 11.3 Å². The van der Waals surface area contributed by atoms with Crippen molar-refractivity contribution in [2.45, 2.75) is 24.5 Å². The summed E-state index contributed by atoms with van der Waals surface area (Å²) in [5.41, 5.74) is 8.03. The highest BCUT2D eigenvalue weighted by Crippen LogP contribution is 2.21. The molecule has 96 valence electrons. The molecule has 0 aliphatic heterocycles. The van der Waals surface area contributed by atoms with Crippen molar-refractivity contribution in [3.05, 3.63) is 40.4 Å². The van der Waals surface area contributed by atoms with Crippen LogP contribution in [0.15, 0.2) is 28.5 Å². The van der Waals surface area contributed by atoms with E-state index in [1.165, 1.54) is 11.3 Å². The molecule has 0 aliphatic carbocycles. The van der Waals surface area contributed by atoms with Gasteiger partial charge in [-0.2, -0.15) is 0 Å². The molecule has 18 heavy (non-hydrogen) atoms. The summed E-state index contributed by atoms with van der Waals surface area (Å²) in [7, 11) is -3.35. The topological polar surface area (TPSA) is 73.0 Å². The van der Waals surface area contributed by atoms with Gasteiger partial charge in [0.1, 0.15) is 0 Å². The predicted octanol–water partition coefficient (Wildman–Crippen LogP) is 2.32. The molecule has 0 spiro atoms. The van der Waals surface area contributed by atoms with Crippen LogP contribution in [0.25, 0.3) is 0 Å². The second kappa shape index (κ2) is 4.70. The SMILES string of the molecule is Cc1ccc(S(=O)(=O)Cc2csc(N)n2)cc1C. The Morgan fingerprint density at radius 1 is 1.28 bits per heavy atom. The van der Waals surface area contributed by atoms with E-state index >= 15 is 0 Å². The number of hydrogen-bond acceptors (Lipinski definition) is 5. The Labute approximate surface area is 110 Å². The van der Waals surface area contributed by atoms with E-state index in [2.05, 4.69) is 4.98 Å². The molecule has 1 aromatic heterocycles. The van der Waals surface area contributed by atoms with Gasteiger partial charge in [0.25, 0.3) is 0 Å². The first-order chi connectivity index (χ1) is 8.38. The molecule has 0 aliphatic rings. The van der Waals surface area contributed by atoms with Crippen LogP contribution in [-0.4, -0.2) is 13.4 Å². The number of nitrogens with two attached hydrogens (primary N) is 1. The quantitative estimate of drug-likeness (QED) is 0.937. The van der Waals surface area contributed by atoms with E-state index in [0.717, 1.165) is 11.1 Å². The van der Waals surface area contributed by atoms with Gasteiger partial charge in [-0.05, 0) is 37.1 Å². The van der Waals surface area contributed by atoms with Gasteiger partial charge in [-0.25, -0.2) is 13.4 Å². The second-order valence-corrected chi connectivity index (χ2v) is 7.06. The van der Waals surface area contributed by atoms with Crippen LogP contribution in [0, 0.1) is 13.8 Å². The maximum atomic E-state index is 12.2. The molecule has 2 N–H and O–H groups in total. The van der Waals surface area contributed by atoms with E-state index in [1.54, 1.807) is 17.5 Å². The van der Waals surface area contributed by atoms with Crippen molar-refractivity contribution in [1.82, 2.24) is 4.98 Å². The number of sulfone groups is 1. The molecule has 0 bridgehead atoms. The normalized spacial score (nSPS) is 11.7.